The predicted octanol–water partition coefficient (Wildman–Crippen LogP) is 5.70. The van der Waals surface area contributed by atoms with E-state index in [0.29, 0.717) is 11.4 Å². The summed E-state index contributed by atoms with van der Waals surface area (Å²) in [6, 6.07) is 11.0. The van der Waals surface area contributed by atoms with Gasteiger partial charge in [0.25, 0.3) is 5.91 Å². The average Bonchev–Trinajstić information content (AvgIpc) is 2.67. The summed E-state index contributed by atoms with van der Waals surface area (Å²) < 4.78 is 78.7. The van der Waals surface area contributed by atoms with Crippen LogP contribution in [0.15, 0.2) is 42.5 Å². The number of nitrogens with zero attached hydrogens (tertiary/aromatic N) is 1. The zero-order chi connectivity index (χ0) is 22.1. The molecule has 1 fully saturated rings. The number of amides is 1. The number of rotatable bonds is 3. The molecule has 3 atom stereocenters. The van der Waals surface area contributed by atoms with Crippen molar-refractivity contribution < 1.29 is 31.1 Å². The maximum atomic E-state index is 13.1. The minimum atomic E-state index is -4.75. The number of hydrogen-bond acceptors (Lipinski definition) is 2. The van der Waals surface area contributed by atoms with E-state index in [0.717, 1.165) is 5.56 Å². The molecule has 1 amide bonds. The second kappa shape index (κ2) is 8.28. The maximum Gasteiger partial charge on any atom is 0.391 e. The third-order valence-electron chi connectivity index (χ3n) is 5.37. The molecular formula is C21H20F6N2O. The number of halogens is 6. The van der Waals surface area contributed by atoms with E-state index in [1.165, 1.54) is 6.07 Å². The summed E-state index contributed by atoms with van der Waals surface area (Å²) in [5.41, 5.74) is 1.88. The highest BCUT2D eigenvalue weighted by Crippen LogP contribution is 2.45. The summed E-state index contributed by atoms with van der Waals surface area (Å²) in [5, 5.41) is 2.36. The summed E-state index contributed by atoms with van der Waals surface area (Å²) in [6.45, 7) is 1.57. The van der Waals surface area contributed by atoms with Crippen molar-refractivity contribution in [2.75, 3.05) is 0 Å². The van der Waals surface area contributed by atoms with E-state index >= 15 is 0 Å². The van der Waals surface area contributed by atoms with Crippen LogP contribution in [-0.4, -0.2) is 29.3 Å². The lowest BCUT2D eigenvalue weighted by Gasteiger charge is -2.37. The Labute approximate surface area is 169 Å². The Balaban J connectivity index is 1.77. The Hall–Kier alpha value is -2.58. The first-order valence-corrected chi connectivity index (χ1v) is 9.42. The van der Waals surface area contributed by atoms with Crippen LogP contribution >= 0.6 is 0 Å². The summed E-state index contributed by atoms with van der Waals surface area (Å²) in [5.74, 6) is -4.95. The molecule has 0 spiro atoms. The van der Waals surface area contributed by atoms with E-state index in [9.17, 15) is 31.1 Å². The van der Waals surface area contributed by atoms with Crippen molar-refractivity contribution in [2.24, 2.45) is 11.8 Å². The topological polar surface area (TPSA) is 42.0 Å². The van der Waals surface area contributed by atoms with E-state index in [-0.39, 0.29) is 5.56 Å². The lowest BCUT2D eigenvalue weighted by Crippen LogP contribution is -2.47. The van der Waals surface area contributed by atoms with Crippen molar-refractivity contribution >= 4 is 5.91 Å². The van der Waals surface area contributed by atoms with E-state index in [4.69, 9.17) is 0 Å². The Bertz CT molecular complexity index is 873. The molecule has 1 unspecified atom stereocenters. The summed E-state index contributed by atoms with van der Waals surface area (Å²) >= 11 is 0. The van der Waals surface area contributed by atoms with Crippen LogP contribution in [0.25, 0.3) is 11.3 Å². The van der Waals surface area contributed by atoms with Gasteiger partial charge < -0.3 is 5.32 Å². The van der Waals surface area contributed by atoms with Gasteiger partial charge in [0.05, 0.1) is 28.8 Å². The number of pyridine rings is 1. The number of alkyl halides is 6. The Morgan fingerprint density at radius 2 is 1.47 bits per heavy atom. The fraction of sp³-hybridized carbons (Fsp3) is 0.429. The number of aryl methyl sites for hydroxylation is 1. The molecular weight excluding hydrogens is 410 g/mol. The van der Waals surface area contributed by atoms with E-state index in [1.54, 1.807) is 13.0 Å². The second-order valence-electron chi connectivity index (χ2n) is 7.55. The van der Waals surface area contributed by atoms with Gasteiger partial charge in [-0.2, -0.15) is 26.3 Å². The SMILES string of the molecule is Cc1nc(-c2ccccc2)ccc1C(=O)NC1C[C@@H](C(F)(F)F)C[C@@H](C(F)(F)F)C1. The van der Waals surface area contributed by atoms with Gasteiger partial charge in [-0.15, -0.1) is 0 Å². The van der Waals surface area contributed by atoms with Gasteiger partial charge in [0.1, 0.15) is 0 Å². The number of benzene rings is 1. The standard InChI is InChI=1S/C21H20F6N2O/c1-12-17(7-8-18(28-12)13-5-3-2-4-6-13)19(30)29-16-10-14(20(22,23)24)9-15(11-16)21(25,26)27/h2-8,14-16H,9-11H2,1H3,(H,29,30)/t14-,15+,16?. The quantitative estimate of drug-likeness (QED) is 0.635. The molecule has 9 heteroatoms. The van der Waals surface area contributed by atoms with Crippen molar-refractivity contribution in [2.45, 2.75) is 44.6 Å². The predicted molar refractivity (Wildman–Crippen MR) is 98.6 cm³/mol. The highest BCUT2D eigenvalue weighted by Gasteiger charge is 2.52. The first-order valence-electron chi connectivity index (χ1n) is 9.42. The van der Waals surface area contributed by atoms with Gasteiger partial charge in [0.15, 0.2) is 0 Å². The van der Waals surface area contributed by atoms with Gasteiger partial charge in [-0.25, -0.2) is 0 Å². The zero-order valence-corrected chi connectivity index (χ0v) is 16.0. The van der Waals surface area contributed by atoms with Crippen LogP contribution in [0.4, 0.5) is 26.3 Å². The fourth-order valence-electron chi connectivity index (χ4n) is 3.81. The Morgan fingerprint density at radius 3 is 1.97 bits per heavy atom. The van der Waals surface area contributed by atoms with Crippen molar-refractivity contribution in [1.82, 2.24) is 10.3 Å². The van der Waals surface area contributed by atoms with Crippen molar-refractivity contribution in [1.29, 1.82) is 0 Å². The lowest BCUT2D eigenvalue weighted by molar-refractivity contribution is -0.225. The molecule has 3 rings (SSSR count). The molecule has 1 N–H and O–H groups in total. The molecule has 1 aromatic heterocycles. The number of nitrogens with one attached hydrogen (secondary N) is 1. The maximum absolute atomic E-state index is 13.1. The minimum absolute atomic E-state index is 0.118. The summed E-state index contributed by atoms with van der Waals surface area (Å²) in [7, 11) is 0. The third-order valence-corrected chi connectivity index (χ3v) is 5.37. The van der Waals surface area contributed by atoms with Crippen molar-refractivity contribution in [3.63, 3.8) is 0 Å². The van der Waals surface area contributed by atoms with Crippen LogP contribution in [0, 0.1) is 18.8 Å². The normalized spacial score (nSPS) is 22.6. The van der Waals surface area contributed by atoms with Crippen LogP contribution in [0.2, 0.25) is 0 Å². The van der Waals surface area contributed by atoms with Gasteiger partial charge in [-0.3, -0.25) is 9.78 Å². The summed E-state index contributed by atoms with van der Waals surface area (Å²) in [6.07, 6.45) is -11.7. The average molecular weight is 430 g/mol. The van der Waals surface area contributed by atoms with E-state index in [2.05, 4.69) is 10.3 Å². The number of hydrogen-bond donors (Lipinski definition) is 1. The van der Waals surface area contributed by atoms with Crippen LogP contribution in [0.5, 0.6) is 0 Å². The molecule has 1 heterocycles. The van der Waals surface area contributed by atoms with E-state index < -0.39 is 55.4 Å². The molecule has 1 aliphatic rings. The molecule has 0 bridgehead atoms. The molecule has 1 aromatic carbocycles. The number of carbonyl (C=O) groups is 1. The van der Waals surface area contributed by atoms with Gasteiger partial charge in [0, 0.05) is 11.6 Å². The van der Waals surface area contributed by atoms with Crippen LogP contribution in [-0.2, 0) is 0 Å². The molecule has 0 radical (unpaired) electrons. The molecule has 1 aliphatic carbocycles. The smallest absolute Gasteiger partial charge is 0.349 e. The van der Waals surface area contributed by atoms with Crippen molar-refractivity contribution in [3.8, 4) is 11.3 Å². The lowest BCUT2D eigenvalue weighted by atomic mass is 9.77. The summed E-state index contributed by atoms with van der Waals surface area (Å²) in [4.78, 5) is 16.9. The first-order chi connectivity index (χ1) is 13.9. The molecule has 0 saturated heterocycles. The molecule has 1 saturated carbocycles. The minimum Gasteiger partial charge on any atom is -0.349 e. The monoisotopic (exact) mass is 430 g/mol. The van der Waals surface area contributed by atoms with Gasteiger partial charge >= 0.3 is 12.4 Å². The highest BCUT2D eigenvalue weighted by atomic mass is 19.4. The van der Waals surface area contributed by atoms with Crippen LogP contribution in [0.1, 0.15) is 35.3 Å². The van der Waals surface area contributed by atoms with Gasteiger partial charge in [-0.05, 0) is 38.3 Å². The Kier molecular flexibility index (Phi) is 6.10. The van der Waals surface area contributed by atoms with Gasteiger partial charge in [0.2, 0.25) is 0 Å². The van der Waals surface area contributed by atoms with Crippen LogP contribution < -0.4 is 5.32 Å². The first kappa shape index (κ1) is 22.1. The fourth-order valence-corrected chi connectivity index (χ4v) is 3.81. The highest BCUT2D eigenvalue weighted by molar-refractivity contribution is 5.95. The van der Waals surface area contributed by atoms with Crippen LogP contribution in [0.3, 0.4) is 0 Å². The molecule has 0 aliphatic heterocycles. The van der Waals surface area contributed by atoms with Gasteiger partial charge in [-0.1, -0.05) is 30.3 Å². The number of aromatic nitrogens is 1. The van der Waals surface area contributed by atoms with E-state index in [1.807, 2.05) is 30.3 Å². The third kappa shape index (κ3) is 5.12. The Morgan fingerprint density at radius 1 is 0.900 bits per heavy atom. The molecule has 2 aromatic rings. The molecule has 3 nitrogen and oxygen atoms in total. The number of carbonyl (C=O) groups excluding carboxylic acids is 1. The molecule has 162 valence electrons. The molecule has 30 heavy (non-hydrogen) atoms. The van der Waals surface area contributed by atoms with Crippen molar-refractivity contribution in [3.05, 3.63) is 53.7 Å². The largest absolute Gasteiger partial charge is 0.391 e. The second-order valence-corrected chi connectivity index (χ2v) is 7.55. The zero-order valence-electron chi connectivity index (χ0n) is 16.0.